The summed E-state index contributed by atoms with van der Waals surface area (Å²) in [5, 5.41) is 8.84. The number of benzene rings is 1. The minimum atomic E-state index is -0.781. The molecule has 25 heavy (non-hydrogen) atoms. The molecule has 1 fully saturated rings. The molecule has 0 bridgehead atoms. The standard InChI is InChI=1S/C19H27NO5/c1-3-24-16-9-8-15(12-17(16)25-4-2)19(23)20-11-5-6-14(13-20)7-10-18(21)22/h8-9,12,14H,3-7,10-11,13H2,1-2H3,(H,21,22). The molecule has 1 aromatic carbocycles. The van der Waals surface area contributed by atoms with Crippen LogP contribution in [0.1, 0.15) is 49.9 Å². The first kappa shape index (κ1) is 19.1. The predicted molar refractivity (Wildman–Crippen MR) is 94.3 cm³/mol. The Morgan fingerprint density at radius 2 is 1.92 bits per heavy atom. The number of carbonyl (C=O) groups excluding carboxylic acids is 1. The molecule has 0 spiro atoms. The molecule has 1 heterocycles. The minimum Gasteiger partial charge on any atom is -0.490 e. The Kier molecular flexibility index (Phi) is 7.10. The molecule has 1 unspecified atom stereocenters. The van der Waals surface area contributed by atoms with Gasteiger partial charge in [0.05, 0.1) is 13.2 Å². The number of amides is 1. The van der Waals surface area contributed by atoms with Crippen LogP contribution in [0.25, 0.3) is 0 Å². The molecule has 6 heteroatoms. The number of likely N-dealkylation sites (tertiary alicyclic amines) is 1. The Hall–Kier alpha value is -2.24. The first-order chi connectivity index (χ1) is 12.0. The summed E-state index contributed by atoms with van der Waals surface area (Å²) in [6.07, 6.45) is 2.66. The van der Waals surface area contributed by atoms with E-state index >= 15 is 0 Å². The van der Waals surface area contributed by atoms with E-state index in [1.54, 1.807) is 18.2 Å². The second-order valence-electron chi connectivity index (χ2n) is 6.22. The van der Waals surface area contributed by atoms with E-state index in [2.05, 4.69) is 0 Å². The van der Waals surface area contributed by atoms with E-state index in [4.69, 9.17) is 14.6 Å². The van der Waals surface area contributed by atoms with Crippen LogP contribution >= 0.6 is 0 Å². The molecule has 1 N–H and O–H groups in total. The number of hydrogen-bond acceptors (Lipinski definition) is 4. The number of nitrogens with zero attached hydrogens (tertiary/aromatic N) is 1. The van der Waals surface area contributed by atoms with Gasteiger partial charge in [0.2, 0.25) is 0 Å². The molecule has 2 rings (SSSR count). The Labute approximate surface area is 148 Å². The number of piperidine rings is 1. The molecule has 138 valence electrons. The summed E-state index contributed by atoms with van der Waals surface area (Å²) in [5.74, 6) is 0.650. The van der Waals surface area contributed by atoms with Crippen LogP contribution < -0.4 is 9.47 Å². The van der Waals surface area contributed by atoms with Crippen molar-refractivity contribution in [3.63, 3.8) is 0 Å². The van der Waals surface area contributed by atoms with Crippen molar-refractivity contribution in [2.24, 2.45) is 5.92 Å². The van der Waals surface area contributed by atoms with E-state index in [0.29, 0.717) is 49.8 Å². The van der Waals surface area contributed by atoms with Crippen LogP contribution in [0.15, 0.2) is 18.2 Å². The molecule has 1 atom stereocenters. The summed E-state index contributed by atoms with van der Waals surface area (Å²) in [6, 6.07) is 5.27. The lowest BCUT2D eigenvalue weighted by Gasteiger charge is -2.32. The largest absolute Gasteiger partial charge is 0.490 e. The Bertz CT molecular complexity index is 601. The maximum Gasteiger partial charge on any atom is 0.303 e. The van der Waals surface area contributed by atoms with E-state index in [9.17, 15) is 9.59 Å². The number of ether oxygens (including phenoxy) is 2. The van der Waals surface area contributed by atoms with Crippen molar-refractivity contribution in [3.8, 4) is 11.5 Å². The molecule has 1 amide bonds. The van der Waals surface area contributed by atoms with Crippen molar-refractivity contribution >= 4 is 11.9 Å². The summed E-state index contributed by atoms with van der Waals surface area (Å²) in [4.78, 5) is 25.4. The van der Waals surface area contributed by atoms with Gasteiger partial charge in [0.15, 0.2) is 11.5 Å². The smallest absolute Gasteiger partial charge is 0.303 e. The summed E-state index contributed by atoms with van der Waals surface area (Å²) >= 11 is 0. The van der Waals surface area contributed by atoms with Crippen molar-refractivity contribution in [2.75, 3.05) is 26.3 Å². The number of carbonyl (C=O) groups is 2. The van der Waals surface area contributed by atoms with Crippen LogP contribution in [-0.4, -0.2) is 48.2 Å². The third-order valence-corrected chi connectivity index (χ3v) is 4.36. The van der Waals surface area contributed by atoms with Crippen molar-refractivity contribution in [1.82, 2.24) is 4.90 Å². The van der Waals surface area contributed by atoms with Crippen molar-refractivity contribution in [3.05, 3.63) is 23.8 Å². The van der Waals surface area contributed by atoms with Gasteiger partial charge in [-0.1, -0.05) is 0 Å². The second-order valence-corrected chi connectivity index (χ2v) is 6.22. The lowest BCUT2D eigenvalue weighted by atomic mass is 9.93. The van der Waals surface area contributed by atoms with Gasteiger partial charge in [-0.15, -0.1) is 0 Å². The number of hydrogen-bond donors (Lipinski definition) is 1. The Morgan fingerprint density at radius 1 is 1.20 bits per heavy atom. The number of rotatable bonds is 8. The fraction of sp³-hybridized carbons (Fsp3) is 0.579. The van der Waals surface area contributed by atoms with Gasteiger partial charge >= 0.3 is 5.97 Å². The van der Waals surface area contributed by atoms with Crippen molar-refractivity contribution < 1.29 is 24.2 Å². The van der Waals surface area contributed by atoms with Crippen LogP contribution in [-0.2, 0) is 4.79 Å². The zero-order valence-corrected chi connectivity index (χ0v) is 15.0. The molecule has 0 radical (unpaired) electrons. The average molecular weight is 349 g/mol. The minimum absolute atomic E-state index is 0.0379. The molecule has 1 aliphatic heterocycles. The lowest BCUT2D eigenvalue weighted by Crippen LogP contribution is -2.40. The Morgan fingerprint density at radius 3 is 2.60 bits per heavy atom. The summed E-state index contributed by atoms with van der Waals surface area (Å²) < 4.78 is 11.1. The van der Waals surface area contributed by atoms with Gasteiger partial charge in [-0.3, -0.25) is 9.59 Å². The second kappa shape index (κ2) is 9.30. The first-order valence-electron chi connectivity index (χ1n) is 8.95. The zero-order valence-electron chi connectivity index (χ0n) is 15.0. The SMILES string of the molecule is CCOc1ccc(C(=O)N2CCCC(CCC(=O)O)C2)cc1OCC. The van der Waals surface area contributed by atoms with E-state index < -0.39 is 5.97 Å². The molecule has 0 saturated carbocycles. The Balaban J connectivity index is 2.08. The predicted octanol–water partition coefficient (Wildman–Crippen LogP) is 3.20. The average Bonchev–Trinajstić information content (AvgIpc) is 2.61. The zero-order chi connectivity index (χ0) is 18.2. The molecule has 1 aromatic rings. The third kappa shape index (κ3) is 5.37. The van der Waals surface area contributed by atoms with Crippen LogP contribution in [0.4, 0.5) is 0 Å². The van der Waals surface area contributed by atoms with Gasteiger partial charge < -0.3 is 19.5 Å². The lowest BCUT2D eigenvalue weighted by molar-refractivity contribution is -0.137. The number of aliphatic carboxylic acids is 1. The van der Waals surface area contributed by atoms with Gasteiger partial charge in [0.25, 0.3) is 5.91 Å². The molecule has 6 nitrogen and oxygen atoms in total. The number of carboxylic acids is 1. The van der Waals surface area contributed by atoms with Gasteiger partial charge in [0.1, 0.15) is 0 Å². The molecule has 1 saturated heterocycles. The van der Waals surface area contributed by atoms with Gasteiger partial charge in [-0.05, 0) is 57.2 Å². The molecular weight excluding hydrogens is 322 g/mol. The van der Waals surface area contributed by atoms with Crippen molar-refractivity contribution in [1.29, 1.82) is 0 Å². The van der Waals surface area contributed by atoms with Crippen LogP contribution in [0.3, 0.4) is 0 Å². The van der Waals surface area contributed by atoms with Gasteiger partial charge in [0, 0.05) is 25.1 Å². The van der Waals surface area contributed by atoms with E-state index in [1.807, 2.05) is 18.7 Å². The van der Waals surface area contributed by atoms with Gasteiger partial charge in [-0.2, -0.15) is 0 Å². The van der Waals surface area contributed by atoms with Crippen LogP contribution in [0.5, 0.6) is 11.5 Å². The highest BCUT2D eigenvalue weighted by molar-refractivity contribution is 5.95. The first-order valence-corrected chi connectivity index (χ1v) is 8.95. The topological polar surface area (TPSA) is 76.1 Å². The molecule has 0 aliphatic carbocycles. The monoisotopic (exact) mass is 349 g/mol. The maximum atomic E-state index is 12.8. The molecule has 1 aliphatic rings. The fourth-order valence-electron chi connectivity index (χ4n) is 3.18. The highest BCUT2D eigenvalue weighted by Gasteiger charge is 2.25. The fourth-order valence-corrected chi connectivity index (χ4v) is 3.18. The summed E-state index contributed by atoms with van der Waals surface area (Å²) in [5.41, 5.74) is 0.575. The maximum absolute atomic E-state index is 12.8. The number of carboxylic acid groups (broad SMARTS) is 1. The van der Waals surface area contributed by atoms with Gasteiger partial charge in [-0.25, -0.2) is 0 Å². The van der Waals surface area contributed by atoms with Crippen LogP contribution in [0, 0.1) is 5.92 Å². The highest BCUT2D eigenvalue weighted by Crippen LogP contribution is 2.30. The third-order valence-electron chi connectivity index (χ3n) is 4.36. The highest BCUT2D eigenvalue weighted by atomic mass is 16.5. The van der Waals surface area contributed by atoms with Crippen molar-refractivity contribution in [2.45, 2.75) is 39.5 Å². The van der Waals surface area contributed by atoms with Crippen LogP contribution in [0.2, 0.25) is 0 Å². The van der Waals surface area contributed by atoms with E-state index in [1.165, 1.54) is 0 Å². The molecule has 0 aromatic heterocycles. The summed E-state index contributed by atoms with van der Waals surface area (Å²) in [7, 11) is 0. The normalized spacial score (nSPS) is 17.2. The van der Waals surface area contributed by atoms with E-state index in [-0.39, 0.29) is 18.2 Å². The summed E-state index contributed by atoms with van der Waals surface area (Å²) in [6.45, 7) is 6.15. The molecular formula is C19H27NO5. The van der Waals surface area contributed by atoms with E-state index in [0.717, 1.165) is 12.8 Å². The quantitative estimate of drug-likeness (QED) is 0.780.